The number of rotatable bonds is 2. The minimum absolute atomic E-state index is 0.00605. The molecule has 3 aromatic rings. The normalized spacial score (nSPS) is 13.3. The zero-order valence-corrected chi connectivity index (χ0v) is 9.77. The van der Waals surface area contributed by atoms with Crippen LogP contribution in [-0.2, 0) is 0 Å². The average molecular weight is 234 g/mol. The van der Waals surface area contributed by atoms with Crippen molar-refractivity contribution in [1.29, 1.82) is 0 Å². The van der Waals surface area contributed by atoms with Crippen LogP contribution in [0, 0.1) is 0 Å². The largest absolute Gasteiger partial charge is 0.0629 e. The van der Waals surface area contributed by atoms with Gasteiger partial charge >= 0.3 is 0 Å². The summed E-state index contributed by atoms with van der Waals surface area (Å²) >= 11 is 0. The Bertz CT molecular complexity index is 809. The quantitative estimate of drug-likeness (QED) is 0.584. The second-order valence-electron chi connectivity index (χ2n) is 4.02. The molecule has 0 nitrogen and oxygen atoms in total. The first-order valence-electron chi connectivity index (χ1n) is 7.81. The Balaban J connectivity index is 2.04. The van der Waals surface area contributed by atoms with Crippen LogP contribution in [0.4, 0.5) is 0 Å². The molecule has 0 atom stereocenters. The summed E-state index contributed by atoms with van der Waals surface area (Å²) in [7, 11) is 0. The molecule has 0 saturated heterocycles. The predicted molar refractivity (Wildman–Crippen MR) is 77.3 cm³/mol. The van der Waals surface area contributed by atoms with E-state index in [1.165, 1.54) is 6.07 Å². The monoisotopic (exact) mass is 234 g/mol. The van der Waals surface area contributed by atoms with E-state index in [0.29, 0.717) is 5.56 Å². The Hall–Kier alpha value is -2.34. The van der Waals surface area contributed by atoms with Crippen LogP contribution < -0.4 is 0 Å². The molecule has 3 rings (SSSR count). The van der Waals surface area contributed by atoms with Gasteiger partial charge in [-0.15, -0.1) is 0 Å². The van der Waals surface area contributed by atoms with Crippen LogP contribution in [0.3, 0.4) is 0 Å². The summed E-state index contributed by atoms with van der Waals surface area (Å²) in [6.07, 6.45) is 0. The predicted octanol–water partition coefficient (Wildman–Crippen LogP) is 5.02. The molecule has 0 amide bonds. The molecule has 0 aliphatic carbocycles. The van der Waals surface area contributed by atoms with E-state index < -0.39 is 0 Å². The lowest BCUT2D eigenvalue weighted by Crippen LogP contribution is -1.79. The Labute approximate surface area is 113 Å². The van der Waals surface area contributed by atoms with Gasteiger partial charge in [-0.1, -0.05) is 84.8 Å². The van der Waals surface area contributed by atoms with Crippen molar-refractivity contribution in [2.75, 3.05) is 0 Å². The molecule has 0 N–H and O–H groups in total. The highest BCUT2D eigenvalue weighted by molar-refractivity contribution is 5.70. The molecule has 0 saturated carbocycles. The van der Waals surface area contributed by atoms with Gasteiger partial charge in [0.1, 0.15) is 0 Å². The van der Waals surface area contributed by atoms with Crippen LogP contribution in [0.2, 0.25) is 0 Å². The molecule has 0 radical (unpaired) electrons. The molecule has 0 heteroatoms. The minimum Gasteiger partial charge on any atom is -0.0622 e. The Morgan fingerprint density at radius 2 is 1.11 bits per heavy atom. The molecule has 18 heavy (non-hydrogen) atoms. The second-order valence-corrected chi connectivity index (χ2v) is 4.02. The van der Waals surface area contributed by atoms with Crippen LogP contribution in [0.5, 0.6) is 0 Å². The Morgan fingerprint density at radius 3 is 1.83 bits per heavy atom. The van der Waals surface area contributed by atoms with Crippen molar-refractivity contribution in [1.82, 2.24) is 0 Å². The van der Waals surface area contributed by atoms with E-state index in [1.54, 1.807) is 0 Å². The van der Waals surface area contributed by atoms with E-state index in [0.717, 1.165) is 16.7 Å². The molecule has 0 unspecified atom stereocenters. The summed E-state index contributed by atoms with van der Waals surface area (Å²) in [5, 5.41) is 0. The molecule has 0 aliphatic rings. The SMILES string of the molecule is [2H]c1cc(-c2ccc(-c3ccccc3)cc2)c([2H])c([2H])c1[2H]. The van der Waals surface area contributed by atoms with Gasteiger partial charge in [-0.2, -0.15) is 0 Å². The molecule has 3 aromatic carbocycles. The van der Waals surface area contributed by atoms with Crippen molar-refractivity contribution < 1.29 is 5.48 Å². The molecule has 0 aliphatic heterocycles. The summed E-state index contributed by atoms with van der Waals surface area (Å²) in [5.74, 6) is 0. The highest BCUT2D eigenvalue weighted by atomic mass is 14.0. The van der Waals surface area contributed by atoms with Crippen molar-refractivity contribution >= 4 is 0 Å². The summed E-state index contributed by atoms with van der Waals surface area (Å²) in [6.45, 7) is 0. The van der Waals surface area contributed by atoms with Crippen LogP contribution in [0.1, 0.15) is 5.48 Å². The molecule has 0 spiro atoms. The highest BCUT2D eigenvalue weighted by Crippen LogP contribution is 2.24. The molecule has 0 fully saturated rings. The fourth-order valence-electron chi connectivity index (χ4n) is 1.91. The summed E-state index contributed by atoms with van der Waals surface area (Å²) < 4.78 is 31.1. The average Bonchev–Trinajstić information content (AvgIpc) is 2.57. The van der Waals surface area contributed by atoms with Gasteiger partial charge in [-0.25, -0.2) is 0 Å². The van der Waals surface area contributed by atoms with E-state index in [4.69, 9.17) is 5.48 Å². The third-order valence-corrected chi connectivity index (χ3v) is 2.85. The Morgan fingerprint density at radius 1 is 0.500 bits per heavy atom. The van der Waals surface area contributed by atoms with Gasteiger partial charge in [-0.05, 0) is 22.3 Å². The van der Waals surface area contributed by atoms with E-state index in [9.17, 15) is 0 Å². The third-order valence-electron chi connectivity index (χ3n) is 2.85. The highest BCUT2D eigenvalue weighted by Gasteiger charge is 1.98. The molecule has 0 bridgehead atoms. The van der Waals surface area contributed by atoms with Crippen molar-refractivity contribution in [3.8, 4) is 22.3 Å². The molecule has 0 heterocycles. The fourth-order valence-corrected chi connectivity index (χ4v) is 1.91. The number of benzene rings is 3. The summed E-state index contributed by atoms with van der Waals surface area (Å²) in [5.41, 5.74) is 3.49. The van der Waals surface area contributed by atoms with Gasteiger partial charge in [0.2, 0.25) is 0 Å². The smallest absolute Gasteiger partial charge is 0.0622 e. The molecular weight excluding hydrogens is 216 g/mol. The van der Waals surface area contributed by atoms with Gasteiger partial charge in [0.15, 0.2) is 0 Å². The van der Waals surface area contributed by atoms with Gasteiger partial charge in [0.05, 0.1) is 5.48 Å². The topological polar surface area (TPSA) is 0 Å². The zero-order valence-electron chi connectivity index (χ0n) is 13.8. The fraction of sp³-hybridized carbons (Fsp3) is 0. The van der Waals surface area contributed by atoms with Gasteiger partial charge in [0, 0.05) is 0 Å². The van der Waals surface area contributed by atoms with E-state index in [2.05, 4.69) is 0 Å². The lowest BCUT2D eigenvalue weighted by molar-refractivity contribution is 1.59. The minimum atomic E-state index is -0.199. The van der Waals surface area contributed by atoms with E-state index in [-0.39, 0.29) is 24.2 Å². The molecule has 0 aromatic heterocycles. The first-order valence-corrected chi connectivity index (χ1v) is 5.81. The lowest BCUT2D eigenvalue weighted by atomic mass is 10.0. The summed E-state index contributed by atoms with van der Waals surface area (Å²) in [4.78, 5) is 0. The first-order chi connectivity index (χ1) is 10.6. The zero-order chi connectivity index (χ0) is 15.7. The second kappa shape index (κ2) is 4.89. The van der Waals surface area contributed by atoms with Gasteiger partial charge in [-0.3, -0.25) is 0 Å². The van der Waals surface area contributed by atoms with Crippen molar-refractivity contribution in [3.05, 3.63) is 84.8 Å². The lowest BCUT2D eigenvalue weighted by Gasteiger charge is -2.04. The number of hydrogen-bond acceptors (Lipinski definition) is 0. The Kier molecular flexibility index (Phi) is 1.95. The maximum Gasteiger partial charge on any atom is 0.0629 e. The molecule has 86 valence electrons. The standard InChI is InChI=1S/C18H14/c1-3-7-15(8-4-1)17-11-13-18(14-12-17)16-9-5-2-6-10-16/h1-14H/i1D,3D,4D,7D. The van der Waals surface area contributed by atoms with E-state index >= 15 is 0 Å². The van der Waals surface area contributed by atoms with Crippen LogP contribution in [0.15, 0.2) is 84.8 Å². The van der Waals surface area contributed by atoms with Crippen molar-refractivity contribution in [2.24, 2.45) is 0 Å². The van der Waals surface area contributed by atoms with Crippen molar-refractivity contribution in [2.45, 2.75) is 0 Å². The van der Waals surface area contributed by atoms with Gasteiger partial charge in [0.25, 0.3) is 0 Å². The van der Waals surface area contributed by atoms with E-state index in [1.807, 2.05) is 54.6 Å². The number of hydrogen-bond donors (Lipinski definition) is 0. The van der Waals surface area contributed by atoms with Crippen LogP contribution >= 0.6 is 0 Å². The van der Waals surface area contributed by atoms with Gasteiger partial charge < -0.3 is 0 Å². The molecular formula is C18H14. The first kappa shape index (κ1) is 7.17. The summed E-state index contributed by atoms with van der Waals surface area (Å²) in [6, 6.07) is 18.8. The maximum atomic E-state index is 8.00. The third kappa shape index (κ3) is 2.18. The van der Waals surface area contributed by atoms with Crippen LogP contribution in [0.25, 0.3) is 22.3 Å². The van der Waals surface area contributed by atoms with Crippen molar-refractivity contribution in [3.63, 3.8) is 0 Å². The van der Waals surface area contributed by atoms with Crippen LogP contribution in [-0.4, -0.2) is 0 Å². The maximum absolute atomic E-state index is 8.00.